The Balaban J connectivity index is 0.00000148. The summed E-state index contributed by atoms with van der Waals surface area (Å²) >= 11 is 1.42. The molecule has 2 fully saturated rings. The molecule has 3 aromatic rings. The van der Waals surface area contributed by atoms with Crippen LogP contribution in [0.25, 0.3) is 10.1 Å². The number of hydrogen-bond donors (Lipinski definition) is 1. The summed E-state index contributed by atoms with van der Waals surface area (Å²) in [5.74, 6) is -0.672. The fourth-order valence-electron chi connectivity index (χ4n) is 5.01. The number of carbonyl (C=O) groups excluding carboxylic acids is 2. The number of primary amides is 1. The third-order valence-corrected chi connectivity index (χ3v) is 8.01. The molecule has 2 saturated heterocycles. The number of likely N-dealkylation sites (tertiary alicyclic amines) is 2. The lowest BCUT2D eigenvalue weighted by atomic mass is 9.78. The van der Waals surface area contributed by atoms with Gasteiger partial charge in [0.25, 0.3) is 5.91 Å². The van der Waals surface area contributed by atoms with Gasteiger partial charge in [-0.05, 0) is 60.9 Å². The van der Waals surface area contributed by atoms with E-state index in [9.17, 15) is 22.8 Å². The fourth-order valence-corrected chi connectivity index (χ4v) is 6.16. The minimum absolute atomic E-state index is 0.0594. The lowest BCUT2D eigenvalue weighted by molar-refractivity contribution is -0.137. The Morgan fingerprint density at radius 3 is 2.42 bits per heavy atom. The van der Waals surface area contributed by atoms with Crippen molar-refractivity contribution in [1.29, 1.82) is 0 Å². The quantitative estimate of drug-likeness (QED) is 0.514. The first-order valence-electron chi connectivity index (χ1n) is 12.1. The summed E-state index contributed by atoms with van der Waals surface area (Å²) in [6.07, 6.45) is -0.100. The molecule has 2 aliphatic heterocycles. The van der Waals surface area contributed by atoms with Crippen molar-refractivity contribution in [3.05, 3.63) is 52.7 Å². The Hall–Kier alpha value is -2.92. The molecule has 11 heteroatoms. The summed E-state index contributed by atoms with van der Waals surface area (Å²) in [6.45, 7) is 7.78. The molecule has 0 bridgehead atoms. The minimum atomic E-state index is -4.34. The van der Waals surface area contributed by atoms with E-state index in [0.29, 0.717) is 24.3 Å². The second-order valence-corrected chi connectivity index (χ2v) is 10.4. The number of benzene rings is 1. The van der Waals surface area contributed by atoms with Gasteiger partial charge in [-0.3, -0.25) is 9.69 Å². The van der Waals surface area contributed by atoms with Crippen molar-refractivity contribution >= 4 is 33.4 Å². The maximum atomic E-state index is 13.0. The van der Waals surface area contributed by atoms with E-state index in [1.807, 2.05) is 19.9 Å². The second-order valence-electron chi connectivity index (χ2n) is 9.20. The van der Waals surface area contributed by atoms with Gasteiger partial charge in [-0.1, -0.05) is 19.9 Å². The zero-order valence-corrected chi connectivity index (χ0v) is 21.2. The highest BCUT2D eigenvalue weighted by Crippen LogP contribution is 2.42. The van der Waals surface area contributed by atoms with Crippen LogP contribution < -0.4 is 5.73 Å². The maximum Gasteiger partial charge on any atom is 0.416 e. The standard InChI is InChI=1S/C23H24F3N5O2S.C2H6/c24-23(25,26)16-2-1-15-11-17(34-19(15)12-16)13-29-8-4-22(14-29)5-9-30(10-6-22)21(33)31-7-3-18(28-31)20(27)32;1-2/h1-3,7,11-12H,4-6,8-10,13-14H2,(H2,27,32);1-2H3. The zero-order valence-electron chi connectivity index (χ0n) is 20.3. The topological polar surface area (TPSA) is 84.5 Å². The van der Waals surface area contributed by atoms with Gasteiger partial charge >= 0.3 is 12.2 Å². The number of nitrogens with zero attached hydrogens (tertiary/aromatic N) is 4. The fraction of sp³-hybridized carbons (Fsp3) is 0.480. The zero-order chi connectivity index (χ0) is 26.1. The largest absolute Gasteiger partial charge is 0.416 e. The van der Waals surface area contributed by atoms with Crippen LogP contribution in [0.15, 0.2) is 36.5 Å². The molecule has 2 aliphatic rings. The summed E-state index contributed by atoms with van der Waals surface area (Å²) in [5.41, 5.74) is 4.79. The van der Waals surface area contributed by atoms with E-state index >= 15 is 0 Å². The predicted octanol–water partition coefficient (Wildman–Crippen LogP) is 5.20. The summed E-state index contributed by atoms with van der Waals surface area (Å²) in [4.78, 5) is 29.1. The lowest BCUT2D eigenvalue weighted by Gasteiger charge is -2.39. The number of nitrogens with two attached hydrogens (primary N) is 1. The van der Waals surface area contributed by atoms with Gasteiger partial charge in [0.1, 0.15) is 0 Å². The SMILES string of the molecule is CC.NC(=O)c1ccn(C(=O)N2CCC3(CCN(Cc4cc5ccc(C(F)(F)F)cc5s4)C3)CC2)n1. The molecule has 2 N–H and O–H groups in total. The molecule has 2 aromatic heterocycles. The Labute approximate surface area is 211 Å². The minimum Gasteiger partial charge on any atom is -0.364 e. The lowest BCUT2D eigenvalue weighted by Crippen LogP contribution is -2.45. The van der Waals surface area contributed by atoms with E-state index in [4.69, 9.17) is 5.73 Å². The summed E-state index contributed by atoms with van der Waals surface area (Å²) in [5, 5.41) is 4.79. The van der Waals surface area contributed by atoms with Crippen LogP contribution in [0.1, 0.15) is 54.0 Å². The van der Waals surface area contributed by atoms with Crippen molar-refractivity contribution in [1.82, 2.24) is 19.6 Å². The number of halogens is 3. The highest BCUT2D eigenvalue weighted by atomic mass is 32.1. The van der Waals surface area contributed by atoms with Gasteiger partial charge in [-0.15, -0.1) is 11.3 Å². The van der Waals surface area contributed by atoms with Crippen LogP contribution in [0.3, 0.4) is 0 Å². The Kier molecular flexibility index (Phi) is 7.42. The molecule has 1 spiro atoms. The first-order valence-corrected chi connectivity index (χ1v) is 12.9. The number of rotatable bonds is 3. The van der Waals surface area contributed by atoms with E-state index in [1.54, 1.807) is 11.0 Å². The molecule has 0 aliphatic carbocycles. The van der Waals surface area contributed by atoms with Crippen LogP contribution in [-0.4, -0.2) is 57.7 Å². The smallest absolute Gasteiger partial charge is 0.364 e. The number of hydrogen-bond acceptors (Lipinski definition) is 5. The summed E-state index contributed by atoms with van der Waals surface area (Å²) in [7, 11) is 0. The third kappa shape index (κ3) is 5.41. The molecular weight excluding hydrogens is 491 g/mol. The summed E-state index contributed by atoms with van der Waals surface area (Å²) < 4.78 is 40.8. The second kappa shape index (κ2) is 10.2. The normalized spacial score (nSPS) is 17.9. The molecule has 5 rings (SSSR count). The highest BCUT2D eigenvalue weighted by molar-refractivity contribution is 7.19. The van der Waals surface area contributed by atoms with Crippen LogP contribution in [0.2, 0.25) is 0 Å². The van der Waals surface area contributed by atoms with Gasteiger partial charge in [0.05, 0.1) is 5.56 Å². The Morgan fingerprint density at radius 2 is 1.78 bits per heavy atom. The molecule has 0 saturated carbocycles. The van der Waals surface area contributed by atoms with E-state index in [-0.39, 0.29) is 17.1 Å². The van der Waals surface area contributed by atoms with Gasteiger partial charge in [0.15, 0.2) is 5.69 Å². The Bertz CT molecular complexity index is 1240. The van der Waals surface area contributed by atoms with E-state index in [1.165, 1.54) is 29.7 Å². The van der Waals surface area contributed by atoms with Gasteiger partial charge < -0.3 is 10.6 Å². The van der Waals surface area contributed by atoms with Crippen molar-refractivity contribution in [2.45, 2.75) is 45.8 Å². The Morgan fingerprint density at radius 1 is 1.08 bits per heavy atom. The van der Waals surface area contributed by atoms with Gasteiger partial charge in [-0.2, -0.15) is 23.0 Å². The highest BCUT2D eigenvalue weighted by Gasteiger charge is 2.41. The van der Waals surface area contributed by atoms with Crippen molar-refractivity contribution < 1.29 is 22.8 Å². The number of thiophene rings is 1. The van der Waals surface area contributed by atoms with Crippen molar-refractivity contribution in [3.63, 3.8) is 0 Å². The van der Waals surface area contributed by atoms with E-state index in [2.05, 4.69) is 10.00 Å². The molecule has 4 heterocycles. The first kappa shape index (κ1) is 26.2. The van der Waals surface area contributed by atoms with Crippen LogP contribution in [-0.2, 0) is 12.7 Å². The maximum absolute atomic E-state index is 13.0. The average molecular weight is 522 g/mol. The van der Waals surface area contributed by atoms with Crippen LogP contribution in [0.4, 0.5) is 18.0 Å². The number of aromatic nitrogens is 2. The van der Waals surface area contributed by atoms with Crippen LogP contribution >= 0.6 is 11.3 Å². The van der Waals surface area contributed by atoms with Crippen molar-refractivity contribution in [2.24, 2.45) is 11.1 Å². The number of carbonyl (C=O) groups is 2. The third-order valence-electron chi connectivity index (χ3n) is 6.93. The molecule has 2 amide bonds. The molecule has 1 aromatic carbocycles. The van der Waals surface area contributed by atoms with Crippen molar-refractivity contribution in [3.8, 4) is 0 Å². The van der Waals surface area contributed by atoms with Gasteiger partial charge in [-0.25, -0.2) is 4.79 Å². The number of alkyl halides is 3. The van der Waals surface area contributed by atoms with Crippen molar-refractivity contribution in [2.75, 3.05) is 26.2 Å². The first-order chi connectivity index (χ1) is 17.1. The van der Waals surface area contributed by atoms with E-state index < -0.39 is 17.6 Å². The molecule has 0 atom stereocenters. The predicted molar refractivity (Wildman–Crippen MR) is 133 cm³/mol. The molecule has 194 valence electrons. The van der Waals surface area contributed by atoms with Crippen LogP contribution in [0, 0.1) is 5.41 Å². The number of piperidine rings is 1. The van der Waals surface area contributed by atoms with Crippen LogP contribution in [0.5, 0.6) is 0 Å². The molecular formula is C25H30F3N5O2S. The molecule has 0 radical (unpaired) electrons. The molecule has 0 unspecified atom stereocenters. The van der Waals surface area contributed by atoms with E-state index in [0.717, 1.165) is 53.4 Å². The monoisotopic (exact) mass is 521 g/mol. The average Bonchev–Trinajstić information content (AvgIpc) is 3.58. The molecule has 7 nitrogen and oxygen atoms in total. The molecule has 36 heavy (non-hydrogen) atoms. The van der Waals surface area contributed by atoms with Gasteiger partial charge in [0, 0.05) is 42.0 Å². The summed E-state index contributed by atoms with van der Waals surface area (Å²) in [6, 6.07) is 7.06. The number of fused-ring (bicyclic) bond motifs is 1. The van der Waals surface area contributed by atoms with Gasteiger partial charge in [0.2, 0.25) is 0 Å². The number of amides is 2.